The first kappa shape index (κ1) is 14.7. The Balaban J connectivity index is 1.67. The topological polar surface area (TPSA) is 32.3 Å². The predicted octanol–water partition coefficient (Wildman–Crippen LogP) is 4.47. The molecule has 0 spiro atoms. The van der Waals surface area contributed by atoms with E-state index in [1.54, 1.807) is 11.1 Å². The average molecular weight is 313 g/mol. The maximum absolute atomic E-state index is 12.3. The lowest BCUT2D eigenvalue weighted by Gasteiger charge is -2.28. The van der Waals surface area contributed by atoms with Gasteiger partial charge < -0.3 is 5.32 Å². The number of hydrogen-bond acceptors (Lipinski definition) is 1. The van der Waals surface area contributed by atoms with Gasteiger partial charge in [0.1, 0.15) is 0 Å². The molecule has 0 saturated heterocycles. The summed E-state index contributed by atoms with van der Waals surface area (Å²) in [7, 11) is 0. The Labute approximate surface area is 135 Å². The largest absolute Gasteiger partial charge is 0.325 e. The fourth-order valence-electron chi connectivity index (χ4n) is 2.61. The highest BCUT2D eigenvalue weighted by molar-refractivity contribution is 6.30. The summed E-state index contributed by atoms with van der Waals surface area (Å²) in [6.07, 6.45) is 5.54. The maximum Gasteiger partial charge on any atom is 0.325 e. The Bertz CT molecular complexity index is 694. The van der Waals surface area contributed by atoms with E-state index in [2.05, 4.69) is 11.4 Å². The SMILES string of the molecule is O=C(N/C=C/c1ccc(Cl)cc1)N1CCCc2ccccc21. The minimum Gasteiger partial charge on any atom is -0.314 e. The number of halogens is 1. The molecule has 0 aromatic heterocycles. The molecule has 0 radical (unpaired) electrons. The Morgan fingerprint density at radius 1 is 1.14 bits per heavy atom. The number of benzene rings is 2. The minimum absolute atomic E-state index is 0.0997. The third kappa shape index (κ3) is 3.31. The first-order valence-corrected chi connectivity index (χ1v) is 7.70. The molecule has 0 saturated carbocycles. The monoisotopic (exact) mass is 312 g/mol. The highest BCUT2D eigenvalue weighted by Crippen LogP contribution is 2.26. The molecule has 3 rings (SSSR count). The molecule has 1 N–H and O–H groups in total. The van der Waals surface area contributed by atoms with E-state index in [1.807, 2.05) is 48.5 Å². The molecule has 3 nitrogen and oxygen atoms in total. The van der Waals surface area contributed by atoms with Crippen molar-refractivity contribution in [2.75, 3.05) is 11.4 Å². The zero-order chi connectivity index (χ0) is 15.4. The van der Waals surface area contributed by atoms with Crippen LogP contribution in [-0.2, 0) is 6.42 Å². The van der Waals surface area contributed by atoms with E-state index < -0.39 is 0 Å². The fraction of sp³-hybridized carbons (Fsp3) is 0.167. The molecule has 0 atom stereocenters. The van der Waals surface area contributed by atoms with Gasteiger partial charge in [-0.25, -0.2) is 4.79 Å². The Kier molecular flexibility index (Phi) is 4.45. The van der Waals surface area contributed by atoms with Crippen molar-refractivity contribution >= 4 is 29.4 Å². The van der Waals surface area contributed by atoms with Crippen LogP contribution in [0.15, 0.2) is 54.7 Å². The molecule has 22 heavy (non-hydrogen) atoms. The van der Waals surface area contributed by atoms with E-state index in [-0.39, 0.29) is 6.03 Å². The summed E-state index contributed by atoms with van der Waals surface area (Å²) in [5.41, 5.74) is 3.22. The number of nitrogens with one attached hydrogen (secondary N) is 1. The maximum atomic E-state index is 12.3. The van der Waals surface area contributed by atoms with E-state index in [0.29, 0.717) is 5.02 Å². The van der Waals surface area contributed by atoms with Gasteiger partial charge >= 0.3 is 6.03 Å². The Hall–Kier alpha value is -2.26. The van der Waals surface area contributed by atoms with Crippen molar-refractivity contribution in [2.24, 2.45) is 0 Å². The van der Waals surface area contributed by atoms with Gasteiger partial charge in [0.2, 0.25) is 0 Å². The number of fused-ring (bicyclic) bond motifs is 1. The number of carbonyl (C=O) groups is 1. The lowest BCUT2D eigenvalue weighted by molar-refractivity contribution is 0.249. The number of urea groups is 1. The quantitative estimate of drug-likeness (QED) is 0.871. The Morgan fingerprint density at radius 2 is 1.91 bits per heavy atom. The summed E-state index contributed by atoms with van der Waals surface area (Å²) in [6, 6.07) is 15.4. The number of rotatable bonds is 2. The van der Waals surface area contributed by atoms with Crippen LogP contribution in [0, 0.1) is 0 Å². The molecule has 112 valence electrons. The van der Waals surface area contributed by atoms with E-state index in [9.17, 15) is 4.79 Å². The van der Waals surface area contributed by atoms with Gasteiger partial charge in [0.05, 0.1) is 0 Å². The zero-order valence-electron chi connectivity index (χ0n) is 12.1. The molecule has 1 aliphatic heterocycles. The smallest absolute Gasteiger partial charge is 0.314 e. The molecule has 0 aliphatic carbocycles. The fourth-order valence-corrected chi connectivity index (χ4v) is 2.73. The molecule has 0 fully saturated rings. The number of anilines is 1. The third-order valence-corrected chi connectivity index (χ3v) is 3.96. The molecular weight excluding hydrogens is 296 g/mol. The minimum atomic E-state index is -0.0997. The Morgan fingerprint density at radius 3 is 2.73 bits per heavy atom. The number of para-hydroxylation sites is 1. The molecule has 4 heteroatoms. The van der Waals surface area contributed by atoms with Crippen LogP contribution >= 0.6 is 11.6 Å². The average Bonchev–Trinajstić information content (AvgIpc) is 2.56. The van der Waals surface area contributed by atoms with Crippen LogP contribution in [0.4, 0.5) is 10.5 Å². The van der Waals surface area contributed by atoms with Gasteiger partial charge in [-0.2, -0.15) is 0 Å². The predicted molar refractivity (Wildman–Crippen MR) is 91.1 cm³/mol. The highest BCUT2D eigenvalue weighted by atomic mass is 35.5. The van der Waals surface area contributed by atoms with E-state index in [4.69, 9.17) is 11.6 Å². The van der Waals surface area contributed by atoms with Crippen molar-refractivity contribution < 1.29 is 4.79 Å². The summed E-state index contributed by atoms with van der Waals surface area (Å²) in [4.78, 5) is 14.1. The lowest BCUT2D eigenvalue weighted by Crippen LogP contribution is -2.40. The van der Waals surface area contributed by atoms with Gasteiger partial charge in [-0.05, 0) is 48.2 Å². The molecule has 2 aromatic carbocycles. The molecule has 1 aliphatic rings. The van der Waals surface area contributed by atoms with Crippen LogP contribution < -0.4 is 10.2 Å². The van der Waals surface area contributed by atoms with Gasteiger partial charge in [-0.15, -0.1) is 0 Å². The van der Waals surface area contributed by atoms with Crippen LogP contribution in [0.5, 0.6) is 0 Å². The van der Waals surface area contributed by atoms with E-state index in [0.717, 1.165) is 30.6 Å². The molecule has 1 heterocycles. The van der Waals surface area contributed by atoms with Gasteiger partial charge in [0.15, 0.2) is 0 Å². The second kappa shape index (κ2) is 6.67. The number of nitrogens with zero attached hydrogens (tertiary/aromatic N) is 1. The normalized spacial score (nSPS) is 14.0. The molecule has 2 aromatic rings. The number of amides is 2. The van der Waals surface area contributed by atoms with Crippen molar-refractivity contribution in [1.82, 2.24) is 5.32 Å². The number of aryl methyl sites for hydroxylation is 1. The first-order valence-electron chi connectivity index (χ1n) is 7.32. The molecule has 0 unspecified atom stereocenters. The van der Waals surface area contributed by atoms with Crippen LogP contribution in [0.3, 0.4) is 0 Å². The van der Waals surface area contributed by atoms with Crippen LogP contribution in [0.25, 0.3) is 6.08 Å². The summed E-state index contributed by atoms with van der Waals surface area (Å²) in [5, 5.41) is 3.53. The summed E-state index contributed by atoms with van der Waals surface area (Å²) in [6.45, 7) is 0.748. The van der Waals surface area contributed by atoms with Crippen molar-refractivity contribution in [3.8, 4) is 0 Å². The van der Waals surface area contributed by atoms with Gasteiger partial charge in [0, 0.05) is 23.5 Å². The second-order valence-electron chi connectivity index (χ2n) is 5.22. The summed E-state index contributed by atoms with van der Waals surface area (Å²) < 4.78 is 0. The van der Waals surface area contributed by atoms with Crippen LogP contribution in [0.2, 0.25) is 5.02 Å². The van der Waals surface area contributed by atoms with Crippen molar-refractivity contribution in [2.45, 2.75) is 12.8 Å². The van der Waals surface area contributed by atoms with E-state index in [1.165, 1.54) is 5.56 Å². The summed E-state index contributed by atoms with van der Waals surface area (Å²) in [5.74, 6) is 0. The number of carbonyl (C=O) groups excluding carboxylic acids is 1. The molecule has 0 bridgehead atoms. The third-order valence-electron chi connectivity index (χ3n) is 3.71. The van der Waals surface area contributed by atoms with Crippen LogP contribution in [0.1, 0.15) is 17.5 Å². The van der Waals surface area contributed by atoms with Gasteiger partial charge in [-0.3, -0.25) is 4.90 Å². The van der Waals surface area contributed by atoms with Gasteiger partial charge in [0.25, 0.3) is 0 Å². The molecular formula is C18H17ClN2O. The number of hydrogen-bond donors (Lipinski definition) is 1. The standard InChI is InChI=1S/C18H17ClN2O/c19-16-9-7-14(8-10-16)11-12-20-18(22)21-13-3-5-15-4-1-2-6-17(15)21/h1-2,4,6-12H,3,5,13H2,(H,20,22)/b12-11+. The highest BCUT2D eigenvalue weighted by Gasteiger charge is 2.21. The molecule has 2 amide bonds. The van der Waals surface area contributed by atoms with Gasteiger partial charge in [-0.1, -0.05) is 41.9 Å². The lowest BCUT2D eigenvalue weighted by atomic mass is 10.0. The van der Waals surface area contributed by atoms with Crippen molar-refractivity contribution in [1.29, 1.82) is 0 Å². The van der Waals surface area contributed by atoms with Crippen molar-refractivity contribution in [3.05, 3.63) is 70.9 Å². The second-order valence-corrected chi connectivity index (χ2v) is 5.65. The first-order chi connectivity index (χ1) is 10.7. The summed E-state index contributed by atoms with van der Waals surface area (Å²) >= 11 is 5.85. The van der Waals surface area contributed by atoms with Crippen molar-refractivity contribution in [3.63, 3.8) is 0 Å². The zero-order valence-corrected chi connectivity index (χ0v) is 12.9. The van der Waals surface area contributed by atoms with Crippen LogP contribution in [-0.4, -0.2) is 12.6 Å². The van der Waals surface area contributed by atoms with E-state index >= 15 is 0 Å².